The van der Waals surface area contributed by atoms with Crippen LogP contribution in [0.1, 0.15) is 0 Å². The summed E-state index contributed by atoms with van der Waals surface area (Å²) >= 11 is 0. The highest BCUT2D eigenvalue weighted by Gasteiger charge is 2.24. The van der Waals surface area contributed by atoms with Crippen LogP contribution in [0.4, 0.5) is 17.1 Å². The normalized spacial score (nSPS) is 11.7. The minimum absolute atomic E-state index is 0.855. The van der Waals surface area contributed by atoms with Crippen molar-refractivity contribution in [3.05, 3.63) is 188 Å². The predicted molar refractivity (Wildman–Crippen MR) is 210 cm³/mol. The summed E-state index contributed by atoms with van der Waals surface area (Å²) in [5, 5.41) is 2.20. The molecule has 240 valence electrons. The number of rotatable bonds is 5. The van der Waals surface area contributed by atoms with Crippen LogP contribution in [-0.4, -0.2) is 0 Å². The second-order valence-corrected chi connectivity index (χ2v) is 12.9. The highest BCUT2D eigenvalue weighted by atomic mass is 16.5. The Hall–Kier alpha value is -6.84. The zero-order valence-corrected chi connectivity index (χ0v) is 27.7. The van der Waals surface area contributed by atoms with Crippen LogP contribution in [0.5, 0.6) is 11.5 Å². The third-order valence-electron chi connectivity index (χ3n) is 9.88. The standard InChI is InChI=1S/C48H31NO2/c1-2-12-32(13-3-1)33-24-26-35(27-25-33)49(37-28-29-47-43(31-37)40-17-5-8-22-45(40)51-47)36-15-10-14-34(30-36)38-19-11-20-41-39-16-4-7-21-44(39)50-46-23-9-6-18-42(46)48(38)41/h1-31H. The maximum Gasteiger partial charge on any atom is 0.135 e. The van der Waals surface area contributed by atoms with Gasteiger partial charge in [-0.15, -0.1) is 0 Å². The van der Waals surface area contributed by atoms with Crippen LogP contribution < -0.4 is 9.64 Å². The summed E-state index contributed by atoms with van der Waals surface area (Å²) in [5.41, 5.74) is 14.1. The Morgan fingerprint density at radius 2 is 0.922 bits per heavy atom. The van der Waals surface area contributed by atoms with Crippen molar-refractivity contribution in [2.24, 2.45) is 0 Å². The van der Waals surface area contributed by atoms with E-state index in [0.717, 1.165) is 78.3 Å². The summed E-state index contributed by atoms with van der Waals surface area (Å²) in [4.78, 5) is 2.34. The van der Waals surface area contributed by atoms with Crippen molar-refractivity contribution in [3.8, 4) is 56.0 Å². The molecule has 1 aliphatic heterocycles. The van der Waals surface area contributed by atoms with Gasteiger partial charge in [-0.05, 0) is 88.5 Å². The van der Waals surface area contributed by atoms with Crippen molar-refractivity contribution in [2.45, 2.75) is 0 Å². The monoisotopic (exact) mass is 653 g/mol. The fourth-order valence-electron chi connectivity index (χ4n) is 7.51. The van der Waals surface area contributed by atoms with Gasteiger partial charge >= 0.3 is 0 Å². The number of furan rings is 1. The molecular formula is C48H31NO2. The van der Waals surface area contributed by atoms with Crippen molar-refractivity contribution < 1.29 is 9.15 Å². The van der Waals surface area contributed by atoms with Gasteiger partial charge in [-0.2, -0.15) is 0 Å². The molecule has 0 amide bonds. The molecule has 0 saturated heterocycles. The second kappa shape index (κ2) is 11.9. The van der Waals surface area contributed by atoms with Gasteiger partial charge in [0.25, 0.3) is 0 Å². The van der Waals surface area contributed by atoms with Crippen LogP contribution in [0.25, 0.3) is 66.4 Å². The summed E-state index contributed by atoms with van der Waals surface area (Å²) in [5.74, 6) is 1.72. The first-order chi connectivity index (χ1) is 25.3. The lowest BCUT2D eigenvalue weighted by molar-refractivity contribution is 0.488. The number of benzene rings is 8. The molecule has 0 N–H and O–H groups in total. The van der Waals surface area contributed by atoms with E-state index in [4.69, 9.17) is 9.15 Å². The van der Waals surface area contributed by atoms with Gasteiger partial charge in [0, 0.05) is 44.5 Å². The van der Waals surface area contributed by atoms with Crippen molar-refractivity contribution >= 4 is 39.0 Å². The topological polar surface area (TPSA) is 25.6 Å². The molecule has 1 aliphatic rings. The van der Waals surface area contributed by atoms with Crippen LogP contribution >= 0.6 is 0 Å². The first-order valence-corrected chi connectivity index (χ1v) is 17.3. The zero-order chi connectivity index (χ0) is 33.7. The quantitative estimate of drug-likeness (QED) is 0.185. The molecule has 10 rings (SSSR count). The minimum Gasteiger partial charge on any atom is -0.456 e. The Morgan fingerprint density at radius 1 is 0.333 bits per heavy atom. The highest BCUT2D eigenvalue weighted by molar-refractivity contribution is 6.07. The summed E-state index contributed by atoms with van der Waals surface area (Å²) in [7, 11) is 0. The Labute approximate surface area is 296 Å². The van der Waals surface area contributed by atoms with Crippen LogP contribution in [0.2, 0.25) is 0 Å². The zero-order valence-electron chi connectivity index (χ0n) is 27.7. The number of ether oxygens (including phenoxy) is 1. The van der Waals surface area contributed by atoms with Gasteiger partial charge in [-0.3, -0.25) is 0 Å². The predicted octanol–water partition coefficient (Wildman–Crippen LogP) is 13.8. The minimum atomic E-state index is 0.855. The van der Waals surface area contributed by atoms with E-state index < -0.39 is 0 Å². The number of hydrogen-bond acceptors (Lipinski definition) is 3. The third kappa shape index (κ3) is 4.98. The molecule has 0 bridgehead atoms. The molecule has 0 spiro atoms. The van der Waals surface area contributed by atoms with Crippen LogP contribution in [0, 0.1) is 0 Å². The van der Waals surface area contributed by atoms with Gasteiger partial charge in [0.2, 0.25) is 0 Å². The maximum absolute atomic E-state index is 6.54. The Kier molecular flexibility index (Phi) is 6.81. The molecule has 3 heteroatoms. The van der Waals surface area contributed by atoms with Crippen LogP contribution in [-0.2, 0) is 0 Å². The first kappa shape index (κ1) is 29.1. The van der Waals surface area contributed by atoms with E-state index in [-0.39, 0.29) is 0 Å². The van der Waals surface area contributed by atoms with Gasteiger partial charge in [-0.1, -0.05) is 127 Å². The molecule has 3 nitrogen and oxygen atoms in total. The second-order valence-electron chi connectivity index (χ2n) is 12.9. The molecule has 1 aromatic heterocycles. The largest absolute Gasteiger partial charge is 0.456 e. The molecule has 2 heterocycles. The molecule has 0 aliphatic carbocycles. The van der Waals surface area contributed by atoms with Crippen molar-refractivity contribution in [1.82, 2.24) is 0 Å². The number of fused-ring (bicyclic) bond motifs is 8. The highest BCUT2D eigenvalue weighted by Crippen LogP contribution is 2.50. The fraction of sp³-hybridized carbons (Fsp3) is 0. The van der Waals surface area contributed by atoms with E-state index in [2.05, 4.69) is 169 Å². The molecule has 0 saturated carbocycles. The van der Waals surface area contributed by atoms with E-state index >= 15 is 0 Å². The summed E-state index contributed by atoms with van der Waals surface area (Å²) in [6, 6.07) is 66.2. The van der Waals surface area contributed by atoms with Crippen molar-refractivity contribution in [1.29, 1.82) is 0 Å². The number of nitrogens with zero attached hydrogens (tertiary/aromatic N) is 1. The molecular weight excluding hydrogens is 623 g/mol. The summed E-state index contributed by atoms with van der Waals surface area (Å²) < 4.78 is 12.8. The SMILES string of the molecule is c1ccc(-c2ccc(N(c3cccc(-c4cccc5c4-c4ccccc4Oc4ccccc4-5)c3)c3ccc4oc5ccccc5c4c3)cc2)cc1. The summed E-state index contributed by atoms with van der Waals surface area (Å²) in [6.07, 6.45) is 0. The molecule has 8 aromatic carbocycles. The van der Waals surface area contributed by atoms with Gasteiger partial charge in [-0.25, -0.2) is 0 Å². The third-order valence-corrected chi connectivity index (χ3v) is 9.88. The van der Waals surface area contributed by atoms with Crippen LogP contribution in [0.15, 0.2) is 192 Å². The summed E-state index contributed by atoms with van der Waals surface area (Å²) in [6.45, 7) is 0. The van der Waals surface area contributed by atoms with E-state index in [1.165, 1.54) is 16.7 Å². The molecule has 0 unspecified atom stereocenters. The molecule has 0 atom stereocenters. The first-order valence-electron chi connectivity index (χ1n) is 17.3. The van der Waals surface area contributed by atoms with E-state index in [0.29, 0.717) is 0 Å². The van der Waals surface area contributed by atoms with E-state index in [1.807, 2.05) is 24.3 Å². The fourth-order valence-corrected chi connectivity index (χ4v) is 7.51. The van der Waals surface area contributed by atoms with E-state index in [1.54, 1.807) is 0 Å². The molecule has 0 fully saturated rings. The molecule has 0 radical (unpaired) electrons. The maximum atomic E-state index is 6.54. The number of para-hydroxylation sites is 3. The lowest BCUT2D eigenvalue weighted by atomic mass is 9.87. The average Bonchev–Trinajstić information content (AvgIpc) is 3.50. The van der Waals surface area contributed by atoms with Crippen LogP contribution in [0.3, 0.4) is 0 Å². The molecule has 9 aromatic rings. The average molecular weight is 654 g/mol. The van der Waals surface area contributed by atoms with Gasteiger partial charge in [0.15, 0.2) is 0 Å². The van der Waals surface area contributed by atoms with Gasteiger partial charge in [0.1, 0.15) is 22.7 Å². The Bertz CT molecular complexity index is 2730. The number of anilines is 3. The Balaban J connectivity index is 1.16. The lowest BCUT2D eigenvalue weighted by Gasteiger charge is -2.26. The van der Waals surface area contributed by atoms with E-state index in [9.17, 15) is 0 Å². The Morgan fingerprint density at radius 3 is 1.78 bits per heavy atom. The van der Waals surface area contributed by atoms with Crippen molar-refractivity contribution in [2.75, 3.05) is 4.90 Å². The van der Waals surface area contributed by atoms with Gasteiger partial charge in [0.05, 0.1) is 0 Å². The van der Waals surface area contributed by atoms with Gasteiger partial charge < -0.3 is 14.1 Å². The molecule has 51 heavy (non-hydrogen) atoms. The smallest absolute Gasteiger partial charge is 0.135 e. The lowest BCUT2D eigenvalue weighted by Crippen LogP contribution is -2.10. The van der Waals surface area contributed by atoms with Crippen molar-refractivity contribution in [3.63, 3.8) is 0 Å². The number of hydrogen-bond donors (Lipinski definition) is 0.